The Morgan fingerprint density at radius 1 is 1.22 bits per heavy atom. The first-order valence-electron chi connectivity index (χ1n) is 12.6. The van der Waals surface area contributed by atoms with Gasteiger partial charge in [0.1, 0.15) is 22.9 Å². The van der Waals surface area contributed by atoms with E-state index in [0.29, 0.717) is 54.7 Å². The van der Waals surface area contributed by atoms with E-state index in [1.165, 1.54) is 6.20 Å². The number of ether oxygens (including phenoxy) is 3. The van der Waals surface area contributed by atoms with Crippen LogP contribution >= 0.6 is 11.6 Å². The molecular formula is C25H36ClN7O4. The highest BCUT2D eigenvalue weighted by atomic mass is 35.5. The first-order chi connectivity index (χ1) is 17.6. The lowest BCUT2D eigenvalue weighted by Gasteiger charge is -2.35. The lowest BCUT2D eigenvalue weighted by atomic mass is 10.1. The first kappa shape index (κ1) is 27.0. The third-order valence-electron chi connectivity index (χ3n) is 6.10. The SMILES string of the molecule is COc1ncc(Cl)cc1Nc1nc(NC2CCCN(C(=O)OC(C)(C)C)C2)nc(N2CCOCC2)c1C. The molecule has 202 valence electrons. The molecule has 1 atom stereocenters. The van der Waals surface area contributed by atoms with Crippen LogP contribution in [-0.4, -0.2) is 84.1 Å². The molecule has 12 heteroatoms. The fourth-order valence-corrected chi connectivity index (χ4v) is 4.51. The van der Waals surface area contributed by atoms with Gasteiger partial charge in [-0.1, -0.05) is 11.6 Å². The Morgan fingerprint density at radius 2 is 1.97 bits per heavy atom. The zero-order valence-electron chi connectivity index (χ0n) is 22.1. The van der Waals surface area contributed by atoms with Crippen LogP contribution in [0.2, 0.25) is 5.02 Å². The molecule has 1 amide bonds. The Balaban J connectivity index is 1.60. The normalized spacial score (nSPS) is 18.4. The molecule has 1 unspecified atom stereocenters. The van der Waals surface area contributed by atoms with Crippen molar-refractivity contribution in [3.8, 4) is 5.88 Å². The number of morpholine rings is 1. The molecule has 0 spiro atoms. The summed E-state index contributed by atoms with van der Waals surface area (Å²) in [6.45, 7) is 11.5. The number of halogens is 1. The molecule has 2 aromatic heterocycles. The molecule has 4 heterocycles. The monoisotopic (exact) mass is 533 g/mol. The van der Waals surface area contributed by atoms with E-state index in [1.807, 2.05) is 27.7 Å². The molecule has 4 rings (SSSR count). The van der Waals surface area contributed by atoms with Crippen molar-refractivity contribution >= 4 is 41.0 Å². The van der Waals surface area contributed by atoms with E-state index in [4.69, 9.17) is 35.8 Å². The minimum absolute atomic E-state index is 0.0169. The van der Waals surface area contributed by atoms with E-state index in [0.717, 1.165) is 37.3 Å². The molecule has 0 aromatic carbocycles. The predicted octanol–water partition coefficient (Wildman–Crippen LogP) is 4.23. The molecule has 0 radical (unpaired) electrons. The van der Waals surface area contributed by atoms with E-state index >= 15 is 0 Å². The number of amides is 1. The summed E-state index contributed by atoms with van der Waals surface area (Å²) in [7, 11) is 1.56. The zero-order chi connectivity index (χ0) is 26.6. The van der Waals surface area contributed by atoms with Crippen molar-refractivity contribution in [3.63, 3.8) is 0 Å². The Kier molecular flexibility index (Phi) is 8.43. The van der Waals surface area contributed by atoms with Crippen LogP contribution in [0.15, 0.2) is 12.3 Å². The Bertz CT molecular complexity index is 1110. The summed E-state index contributed by atoms with van der Waals surface area (Å²) < 4.78 is 16.5. The molecule has 2 aliphatic rings. The van der Waals surface area contributed by atoms with Crippen LogP contribution in [0, 0.1) is 6.92 Å². The third-order valence-corrected chi connectivity index (χ3v) is 6.31. The lowest BCUT2D eigenvalue weighted by Crippen LogP contribution is -2.47. The second kappa shape index (κ2) is 11.6. The van der Waals surface area contributed by atoms with Crippen molar-refractivity contribution < 1.29 is 19.0 Å². The summed E-state index contributed by atoms with van der Waals surface area (Å²) in [6.07, 6.45) is 2.97. The Morgan fingerprint density at radius 3 is 2.68 bits per heavy atom. The number of pyridine rings is 1. The van der Waals surface area contributed by atoms with Crippen LogP contribution in [0.3, 0.4) is 0 Å². The topological polar surface area (TPSA) is 114 Å². The number of anilines is 4. The molecule has 2 fully saturated rings. The van der Waals surface area contributed by atoms with Gasteiger partial charge >= 0.3 is 6.09 Å². The maximum Gasteiger partial charge on any atom is 0.410 e. The number of carbonyl (C=O) groups is 1. The summed E-state index contributed by atoms with van der Waals surface area (Å²) in [6, 6.07) is 1.73. The number of nitrogens with zero attached hydrogens (tertiary/aromatic N) is 5. The summed E-state index contributed by atoms with van der Waals surface area (Å²) >= 11 is 6.20. The van der Waals surface area contributed by atoms with Gasteiger partial charge in [-0.05, 0) is 46.6 Å². The van der Waals surface area contributed by atoms with Crippen molar-refractivity contribution in [1.29, 1.82) is 0 Å². The van der Waals surface area contributed by atoms with Crippen LogP contribution in [0.5, 0.6) is 5.88 Å². The van der Waals surface area contributed by atoms with Gasteiger partial charge in [-0.15, -0.1) is 0 Å². The highest BCUT2D eigenvalue weighted by Gasteiger charge is 2.29. The number of piperidine rings is 1. The number of hydrogen-bond acceptors (Lipinski definition) is 10. The smallest absolute Gasteiger partial charge is 0.410 e. The molecule has 11 nitrogen and oxygen atoms in total. The Hall–Kier alpha value is -3.05. The fourth-order valence-electron chi connectivity index (χ4n) is 4.35. The van der Waals surface area contributed by atoms with E-state index in [9.17, 15) is 4.79 Å². The first-order valence-corrected chi connectivity index (χ1v) is 12.9. The van der Waals surface area contributed by atoms with Crippen molar-refractivity contribution in [2.75, 3.05) is 62.0 Å². The highest BCUT2D eigenvalue weighted by Crippen LogP contribution is 2.33. The van der Waals surface area contributed by atoms with Crippen LogP contribution in [0.25, 0.3) is 0 Å². The predicted molar refractivity (Wildman–Crippen MR) is 143 cm³/mol. The maximum absolute atomic E-state index is 12.6. The van der Waals surface area contributed by atoms with Gasteiger partial charge in [0.05, 0.1) is 25.3 Å². The van der Waals surface area contributed by atoms with Gasteiger partial charge in [0.15, 0.2) is 0 Å². The summed E-state index contributed by atoms with van der Waals surface area (Å²) in [5.74, 6) is 2.31. The summed E-state index contributed by atoms with van der Waals surface area (Å²) in [5.41, 5.74) is 0.944. The van der Waals surface area contributed by atoms with Crippen molar-refractivity contribution in [2.24, 2.45) is 0 Å². The molecule has 0 saturated carbocycles. The molecule has 2 aliphatic heterocycles. The third kappa shape index (κ3) is 7.04. The fraction of sp³-hybridized carbons (Fsp3) is 0.600. The average Bonchev–Trinajstić information content (AvgIpc) is 2.86. The van der Waals surface area contributed by atoms with E-state index in [1.54, 1.807) is 18.1 Å². The second-order valence-corrected chi connectivity index (χ2v) is 10.6. The van der Waals surface area contributed by atoms with E-state index in [2.05, 4.69) is 20.5 Å². The van der Waals surface area contributed by atoms with Crippen LogP contribution in [0.1, 0.15) is 39.2 Å². The molecule has 2 aromatic rings. The second-order valence-electron chi connectivity index (χ2n) is 10.2. The van der Waals surface area contributed by atoms with Gasteiger partial charge in [-0.25, -0.2) is 9.78 Å². The number of likely N-dealkylation sites (tertiary alicyclic amines) is 1. The standard InChI is InChI=1S/C25H36ClN7O4/c1-16-20(29-19-13-17(26)14-27-22(19)35-5)30-23(31-21(16)32-9-11-36-12-10-32)28-18-7-6-8-33(15-18)24(34)37-25(2,3)4/h13-14,18H,6-12,15H2,1-5H3,(H2,28,29,30,31). The van der Waals surface area contributed by atoms with Crippen LogP contribution < -0.4 is 20.3 Å². The average molecular weight is 534 g/mol. The molecule has 2 saturated heterocycles. The number of carbonyl (C=O) groups excluding carboxylic acids is 1. The van der Waals surface area contributed by atoms with Gasteiger partial charge in [0.25, 0.3) is 0 Å². The van der Waals surface area contributed by atoms with Crippen molar-refractivity contribution in [3.05, 3.63) is 22.8 Å². The van der Waals surface area contributed by atoms with Gasteiger partial charge in [-0.2, -0.15) is 9.97 Å². The summed E-state index contributed by atoms with van der Waals surface area (Å²) in [5, 5.41) is 7.27. The van der Waals surface area contributed by atoms with Crippen molar-refractivity contribution in [1.82, 2.24) is 19.9 Å². The highest BCUT2D eigenvalue weighted by molar-refractivity contribution is 6.30. The molecule has 37 heavy (non-hydrogen) atoms. The molecule has 2 N–H and O–H groups in total. The number of hydrogen-bond donors (Lipinski definition) is 2. The zero-order valence-corrected chi connectivity index (χ0v) is 22.9. The molecular weight excluding hydrogens is 498 g/mol. The van der Waals surface area contributed by atoms with E-state index < -0.39 is 5.60 Å². The van der Waals surface area contributed by atoms with Gasteiger partial charge < -0.3 is 34.6 Å². The van der Waals surface area contributed by atoms with Crippen LogP contribution in [-0.2, 0) is 9.47 Å². The lowest BCUT2D eigenvalue weighted by molar-refractivity contribution is 0.0206. The van der Waals surface area contributed by atoms with Gasteiger partial charge in [0.2, 0.25) is 11.8 Å². The number of aromatic nitrogens is 3. The molecule has 0 aliphatic carbocycles. The maximum atomic E-state index is 12.6. The Labute approximate surface area is 222 Å². The minimum atomic E-state index is -0.540. The molecule has 0 bridgehead atoms. The summed E-state index contributed by atoms with van der Waals surface area (Å²) in [4.78, 5) is 30.5. The van der Waals surface area contributed by atoms with Gasteiger partial charge in [0, 0.05) is 44.0 Å². The van der Waals surface area contributed by atoms with Gasteiger partial charge in [-0.3, -0.25) is 0 Å². The van der Waals surface area contributed by atoms with Crippen LogP contribution in [0.4, 0.5) is 28.1 Å². The number of methoxy groups -OCH3 is 1. The largest absolute Gasteiger partial charge is 0.480 e. The number of rotatable bonds is 6. The minimum Gasteiger partial charge on any atom is -0.480 e. The quantitative estimate of drug-likeness (QED) is 0.559. The number of nitrogens with one attached hydrogen (secondary N) is 2. The van der Waals surface area contributed by atoms with Crippen molar-refractivity contribution in [2.45, 2.75) is 52.2 Å². The van der Waals surface area contributed by atoms with E-state index in [-0.39, 0.29) is 12.1 Å².